The molecule has 2 rings (SSSR count). The number of nitrogens with one attached hydrogen (secondary N) is 1. The Hall–Kier alpha value is -1.02. The van der Waals surface area contributed by atoms with E-state index in [2.05, 4.69) is 68.5 Å². The zero-order valence-electron chi connectivity index (χ0n) is 13.5. The highest BCUT2D eigenvalue weighted by Gasteiger charge is 2.31. The molecule has 0 bridgehead atoms. The number of benzene rings is 1. The maximum absolute atomic E-state index is 3.54. The van der Waals surface area contributed by atoms with Gasteiger partial charge in [-0.3, -0.25) is 0 Å². The van der Waals surface area contributed by atoms with E-state index in [1.165, 1.54) is 24.9 Å². The maximum atomic E-state index is 3.54. The van der Waals surface area contributed by atoms with Gasteiger partial charge in [0.2, 0.25) is 0 Å². The van der Waals surface area contributed by atoms with Crippen molar-refractivity contribution in [3.05, 3.63) is 30.3 Å². The van der Waals surface area contributed by atoms with E-state index in [9.17, 15) is 0 Å². The second kappa shape index (κ2) is 7.12. The van der Waals surface area contributed by atoms with Gasteiger partial charge in [-0.05, 0) is 56.2 Å². The summed E-state index contributed by atoms with van der Waals surface area (Å²) in [5.74, 6) is 2.47. The van der Waals surface area contributed by atoms with Gasteiger partial charge >= 0.3 is 0 Å². The van der Waals surface area contributed by atoms with E-state index in [1.807, 2.05) is 0 Å². The molecule has 1 fully saturated rings. The molecule has 0 saturated heterocycles. The van der Waals surface area contributed by atoms with Crippen LogP contribution in [0.5, 0.6) is 0 Å². The van der Waals surface area contributed by atoms with Crippen molar-refractivity contribution in [2.24, 2.45) is 17.8 Å². The second-order valence-corrected chi connectivity index (χ2v) is 6.69. The SMILES string of the molecule is CNC1CCC(C(C)C)CC1CN(C)c1ccccc1. The van der Waals surface area contributed by atoms with Gasteiger partial charge < -0.3 is 10.2 Å². The summed E-state index contributed by atoms with van der Waals surface area (Å²) < 4.78 is 0. The predicted molar refractivity (Wildman–Crippen MR) is 88.2 cm³/mol. The lowest BCUT2D eigenvalue weighted by Gasteiger charge is -2.40. The molecule has 1 aromatic carbocycles. The zero-order valence-corrected chi connectivity index (χ0v) is 13.5. The lowest BCUT2D eigenvalue weighted by molar-refractivity contribution is 0.177. The third kappa shape index (κ3) is 3.76. The first-order chi connectivity index (χ1) is 9.61. The Morgan fingerprint density at radius 2 is 1.90 bits per heavy atom. The van der Waals surface area contributed by atoms with Gasteiger partial charge in [-0.25, -0.2) is 0 Å². The Kier molecular flexibility index (Phi) is 5.47. The van der Waals surface area contributed by atoms with Gasteiger partial charge in [-0.2, -0.15) is 0 Å². The van der Waals surface area contributed by atoms with E-state index in [0.717, 1.165) is 24.3 Å². The maximum Gasteiger partial charge on any atom is 0.0363 e. The van der Waals surface area contributed by atoms with Crippen molar-refractivity contribution in [3.63, 3.8) is 0 Å². The minimum atomic E-state index is 0.677. The minimum absolute atomic E-state index is 0.677. The van der Waals surface area contributed by atoms with Crippen LogP contribution >= 0.6 is 0 Å². The fourth-order valence-corrected chi connectivity index (χ4v) is 3.63. The van der Waals surface area contributed by atoms with Crippen molar-refractivity contribution >= 4 is 5.69 Å². The first-order valence-corrected chi connectivity index (χ1v) is 8.05. The number of rotatable bonds is 5. The molecule has 0 spiro atoms. The Morgan fingerprint density at radius 3 is 2.50 bits per heavy atom. The zero-order chi connectivity index (χ0) is 14.5. The van der Waals surface area contributed by atoms with Crippen molar-refractivity contribution in [3.8, 4) is 0 Å². The predicted octanol–water partition coefficient (Wildman–Crippen LogP) is 3.78. The molecule has 1 N–H and O–H groups in total. The summed E-state index contributed by atoms with van der Waals surface area (Å²) in [5, 5.41) is 3.54. The Balaban J connectivity index is 2.00. The molecule has 0 aliphatic heterocycles. The van der Waals surface area contributed by atoms with E-state index in [1.54, 1.807) is 0 Å². The Morgan fingerprint density at radius 1 is 1.20 bits per heavy atom. The third-order valence-corrected chi connectivity index (χ3v) is 5.04. The average molecular weight is 274 g/mol. The number of nitrogens with zero attached hydrogens (tertiary/aromatic N) is 1. The van der Waals surface area contributed by atoms with Crippen LogP contribution in [0.3, 0.4) is 0 Å². The molecule has 1 aromatic rings. The minimum Gasteiger partial charge on any atom is -0.374 e. The van der Waals surface area contributed by atoms with Crippen LogP contribution in [0.25, 0.3) is 0 Å². The molecule has 0 amide bonds. The molecule has 0 aromatic heterocycles. The Bertz CT molecular complexity index is 388. The van der Waals surface area contributed by atoms with Crippen LogP contribution in [0.2, 0.25) is 0 Å². The van der Waals surface area contributed by atoms with E-state index < -0.39 is 0 Å². The molecule has 20 heavy (non-hydrogen) atoms. The molecule has 2 heteroatoms. The standard InChI is InChI=1S/C18H30N2/c1-14(2)15-10-11-18(19-3)16(12-15)13-20(4)17-8-6-5-7-9-17/h5-9,14-16,18-19H,10-13H2,1-4H3. The molecule has 1 aliphatic carbocycles. The highest BCUT2D eigenvalue weighted by Crippen LogP contribution is 2.34. The second-order valence-electron chi connectivity index (χ2n) is 6.69. The molecule has 112 valence electrons. The number of para-hydroxylation sites is 1. The molecular formula is C18H30N2. The van der Waals surface area contributed by atoms with Gasteiger partial charge in [0.15, 0.2) is 0 Å². The van der Waals surface area contributed by atoms with Crippen LogP contribution in [0, 0.1) is 17.8 Å². The fraction of sp³-hybridized carbons (Fsp3) is 0.667. The normalized spacial score (nSPS) is 26.8. The topological polar surface area (TPSA) is 15.3 Å². The Labute approximate surface area is 124 Å². The number of hydrogen-bond donors (Lipinski definition) is 1. The number of hydrogen-bond acceptors (Lipinski definition) is 2. The van der Waals surface area contributed by atoms with Crippen molar-refractivity contribution in [1.29, 1.82) is 0 Å². The summed E-state index contributed by atoms with van der Waals surface area (Å²) in [5.41, 5.74) is 1.33. The highest BCUT2D eigenvalue weighted by atomic mass is 15.1. The average Bonchev–Trinajstić information content (AvgIpc) is 2.48. The quantitative estimate of drug-likeness (QED) is 0.879. The van der Waals surface area contributed by atoms with Crippen LogP contribution in [0.15, 0.2) is 30.3 Å². The van der Waals surface area contributed by atoms with Gasteiger partial charge in [-0.15, -0.1) is 0 Å². The summed E-state index contributed by atoms with van der Waals surface area (Å²) in [7, 11) is 4.34. The summed E-state index contributed by atoms with van der Waals surface area (Å²) in [6.07, 6.45) is 4.07. The van der Waals surface area contributed by atoms with Crippen LogP contribution in [0.4, 0.5) is 5.69 Å². The molecule has 1 saturated carbocycles. The fourth-order valence-electron chi connectivity index (χ4n) is 3.63. The van der Waals surface area contributed by atoms with Gasteiger partial charge in [0.1, 0.15) is 0 Å². The van der Waals surface area contributed by atoms with Crippen molar-refractivity contribution in [2.45, 2.75) is 39.2 Å². The van der Waals surface area contributed by atoms with Crippen LogP contribution in [0.1, 0.15) is 33.1 Å². The van der Waals surface area contributed by atoms with Gasteiger partial charge in [0.05, 0.1) is 0 Å². The summed E-state index contributed by atoms with van der Waals surface area (Å²) in [6.45, 7) is 5.91. The summed E-state index contributed by atoms with van der Waals surface area (Å²) in [4.78, 5) is 2.41. The molecule has 0 heterocycles. The van der Waals surface area contributed by atoms with Gasteiger partial charge in [-0.1, -0.05) is 32.0 Å². The van der Waals surface area contributed by atoms with Crippen LogP contribution in [-0.2, 0) is 0 Å². The van der Waals surface area contributed by atoms with E-state index in [0.29, 0.717) is 6.04 Å². The monoisotopic (exact) mass is 274 g/mol. The highest BCUT2D eigenvalue weighted by molar-refractivity contribution is 5.45. The smallest absolute Gasteiger partial charge is 0.0363 e. The molecule has 3 unspecified atom stereocenters. The van der Waals surface area contributed by atoms with E-state index in [4.69, 9.17) is 0 Å². The molecular weight excluding hydrogens is 244 g/mol. The van der Waals surface area contributed by atoms with Crippen molar-refractivity contribution in [1.82, 2.24) is 5.32 Å². The van der Waals surface area contributed by atoms with Crippen molar-refractivity contribution in [2.75, 3.05) is 25.5 Å². The molecule has 0 radical (unpaired) electrons. The third-order valence-electron chi connectivity index (χ3n) is 5.04. The molecule has 2 nitrogen and oxygen atoms in total. The van der Waals surface area contributed by atoms with E-state index in [-0.39, 0.29) is 0 Å². The lowest BCUT2D eigenvalue weighted by atomic mass is 9.73. The van der Waals surface area contributed by atoms with Crippen LogP contribution < -0.4 is 10.2 Å². The largest absolute Gasteiger partial charge is 0.374 e. The summed E-state index contributed by atoms with van der Waals surface area (Å²) in [6, 6.07) is 11.4. The van der Waals surface area contributed by atoms with Crippen molar-refractivity contribution < 1.29 is 0 Å². The lowest BCUT2D eigenvalue weighted by Crippen LogP contribution is -2.44. The first-order valence-electron chi connectivity index (χ1n) is 8.05. The molecule has 1 aliphatic rings. The summed E-state index contributed by atoms with van der Waals surface area (Å²) >= 11 is 0. The van der Waals surface area contributed by atoms with E-state index >= 15 is 0 Å². The van der Waals surface area contributed by atoms with Gasteiger partial charge in [0, 0.05) is 25.3 Å². The number of anilines is 1. The first kappa shape index (κ1) is 15.4. The van der Waals surface area contributed by atoms with Gasteiger partial charge in [0.25, 0.3) is 0 Å². The van der Waals surface area contributed by atoms with Crippen LogP contribution in [-0.4, -0.2) is 26.7 Å². The molecule has 3 atom stereocenters.